The first-order chi connectivity index (χ1) is 11.7. The van der Waals surface area contributed by atoms with E-state index >= 15 is 0 Å². The lowest BCUT2D eigenvalue weighted by Crippen LogP contribution is -2.36. The minimum atomic E-state index is 0.639. The molecule has 0 aliphatic carbocycles. The van der Waals surface area contributed by atoms with Crippen LogP contribution in [0.3, 0.4) is 0 Å². The SMILES string of the molecule is CCNC(=NCc1ccccc1COCC)NCc1sccc1C. The molecule has 0 saturated heterocycles. The van der Waals surface area contributed by atoms with Crippen molar-refractivity contribution in [2.24, 2.45) is 4.99 Å². The van der Waals surface area contributed by atoms with E-state index in [-0.39, 0.29) is 0 Å². The average Bonchev–Trinajstić information content (AvgIpc) is 3.01. The Morgan fingerprint density at radius 1 is 1.12 bits per heavy atom. The number of guanidine groups is 1. The van der Waals surface area contributed by atoms with Crippen molar-refractivity contribution in [1.29, 1.82) is 0 Å². The number of benzene rings is 1. The van der Waals surface area contributed by atoms with Gasteiger partial charge in [-0.2, -0.15) is 0 Å². The second-order valence-electron chi connectivity index (χ2n) is 5.48. The van der Waals surface area contributed by atoms with Gasteiger partial charge in [-0.25, -0.2) is 4.99 Å². The van der Waals surface area contributed by atoms with Crippen LogP contribution in [-0.2, 0) is 24.4 Å². The van der Waals surface area contributed by atoms with E-state index in [1.807, 2.05) is 13.0 Å². The third kappa shape index (κ3) is 5.65. The number of aliphatic imine (C=N–C) groups is 1. The largest absolute Gasteiger partial charge is 0.377 e. The zero-order valence-electron chi connectivity index (χ0n) is 14.8. The molecule has 0 aliphatic heterocycles. The molecule has 1 aromatic carbocycles. The van der Waals surface area contributed by atoms with Crippen molar-refractivity contribution in [2.45, 2.75) is 40.5 Å². The lowest BCUT2D eigenvalue weighted by atomic mass is 10.1. The van der Waals surface area contributed by atoms with Gasteiger partial charge in [-0.1, -0.05) is 24.3 Å². The first-order valence-electron chi connectivity index (χ1n) is 8.44. The van der Waals surface area contributed by atoms with Crippen molar-refractivity contribution < 1.29 is 4.74 Å². The highest BCUT2D eigenvalue weighted by Crippen LogP contribution is 2.15. The van der Waals surface area contributed by atoms with Gasteiger partial charge in [0.2, 0.25) is 0 Å². The van der Waals surface area contributed by atoms with Gasteiger partial charge in [-0.15, -0.1) is 11.3 Å². The van der Waals surface area contributed by atoms with Crippen LogP contribution in [0.25, 0.3) is 0 Å². The number of nitrogens with zero attached hydrogens (tertiary/aromatic N) is 1. The fourth-order valence-electron chi connectivity index (χ4n) is 2.32. The summed E-state index contributed by atoms with van der Waals surface area (Å²) in [6.45, 7) is 9.88. The fourth-order valence-corrected chi connectivity index (χ4v) is 3.17. The molecule has 0 spiro atoms. The Balaban J connectivity index is 2.01. The second kappa shape index (κ2) is 10.1. The predicted octanol–water partition coefficient (Wildman–Crippen LogP) is 3.85. The Kier molecular flexibility index (Phi) is 7.79. The van der Waals surface area contributed by atoms with Gasteiger partial charge in [0.15, 0.2) is 5.96 Å². The van der Waals surface area contributed by atoms with Gasteiger partial charge in [0, 0.05) is 18.0 Å². The smallest absolute Gasteiger partial charge is 0.191 e. The maximum atomic E-state index is 5.55. The van der Waals surface area contributed by atoms with Crippen molar-refractivity contribution in [1.82, 2.24) is 10.6 Å². The average molecular weight is 346 g/mol. The van der Waals surface area contributed by atoms with Gasteiger partial charge < -0.3 is 15.4 Å². The van der Waals surface area contributed by atoms with Gasteiger partial charge in [0.25, 0.3) is 0 Å². The molecule has 2 rings (SSSR count). The van der Waals surface area contributed by atoms with Crippen LogP contribution >= 0.6 is 11.3 Å². The Morgan fingerprint density at radius 2 is 1.92 bits per heavy atom. The maximum Gasteiger partial charge on any atom is 0.191 e. The van der Waals surface area contributed by atoms with Crippen LogP contribution in [0.1, 0.15) is 35.4 Å². The summed E-state index contributed by atoms with van der Waals surface area (Å²) in [7, 11) is 0. The lowest BCUT2D eigenvalue weighted by molar-refractivity contribution is 0.133. The molecule has 2 aromatic rings. The summed E-state index contributed by atoms with van der Waals surface area (Å²) in [5.74, 6) is 0.844. The van der Waals surface area contributed by atoms with Gasteiger partial charge in [-0.05, 0) is 48.9 Å². The molecule has 0 radical (unpaired) electrons. The molecule has 0 aliphatic rings. The summed E-state index contributed by atoms with van der Waals surface area (Å²) < 4.78 is 5.55. The zero-order valence-corrected chi connectivity index (χ0v) is 15.6. The highest BCUT2D eigenvalue weighted by atomic mass is 32.1. The van der Waals surface area contributed by atoms with Crippen LogP contribution in [0.15, 0.2) is 40.7 Å². The summed E-state index contributed by atoms with van der Waals surface area (Å²) in [5.41, 5.74) is 3.73. The molecule has 130 valence electrons. The normalized spacial score (nSPS) is 11.5. The highest BCUT2D eigenvalue weighted by molar-refractivity contribution is 7.10. The monoisotopic (exact) mass is 345 g/mol. The third-order valence-electron chi connectivity index (χ3n) is 3.72. The summed E-state index contributed by atoms with van der Waals surface area (Å²) in [6, 6.07) is 10.5. The van der Waals surface area contributed by atoms with E-state index in [1.54, 1.807) is 11.3 Å². The molecule has 1 aromatic heterocycles. The van der Waals surface area contributed by atoms with E-state index in [0.29, 0.717) is 13.2 Å². The van der Waals surface area contributed by atoms with Crippen LogP contribution in [0.2, 0.25) is 0 Å². The van der Waals surface area contributed by atoms with E-state index in [4.69, 9.17) is 9.73 Å². The number of thiophene rings is 1. The number of rotatable bonds is 8. The van der Waals surface area contributed by atoms with Crippen LogP contribution in [0, 0.1) is 6.92 Å². The molecule has 0 atom stereocenters. The van der Waals surface area contributed by atoms with E-state index in [2.05, 4.69) is 54.1 Å². The Morgan fingerprint density at radius 3 is 2.58 bits per heavy atom. The number of hydrogen-bond donors (Lipinski definition) is 2. The number of hydrogen-bond acceptors (Lipinski definition) is 3. The van der Waals surface area contributed by atoms with E-state index in [0.717, 1.165) is 25.7 Å². The van der Waals surface area contributed by atoms with Gasteiger partial charge in [0.05, 0.1) is 19.7 Å². The van der Waals surface area contributed by atoms with Gasteiger partial charge in [-0.3, -0.25) is 0 Å². The quantitative estimate of drug-likeness (QED) is 0.564. The van der Waals surface area contributed by atoms with Gasteiger partial charge >= 0.3 is 0 Å². The minimum absolute atomic E-state index is 0.639. The molecule has 0 bridgehead atoms. The van der Waals surface area contributed by atoms with E-state index < -0.39 is 0 Å². The predicted molar refractivity (Wildman–Crippen MR) is 102 cm³/mol. The van der Waals surface area contributed by atoms with E-state index in [9.17, 15) is 0 Å². The molecule has 5 heteroatoms. The zero-order chi connectivity index (χ0) is 17.2. The van der Waals surface area contributed by atoms with Crippen molar-refractivity contribution >= 4 is 17.3 Å². The topological polar surface area (TPSA) is 45.7 Å². The molecule has 1 heterocycles. The molecule has 0 fully saturated rings. The molecule has 0 saturated carbocycles. The first-order valence-corrected chi connectivity index (χ1v) is 9.32. The van der Waals surface area contributed by atoms with Crippen LogP contribution in [0.5, 0.6) is 0 Å². The van der Waals surface area contributed by atoms with Crippen LogP contribution < -0.4 is 10.6 Å². The Bertz CT molecular complexity index is 652. The number of nitrogens with one attached hydrogen (secondary N) is 2. The van der Waals surface area contributed by atoms with Crippen LogP contribution in [-0.4, -0.2) is 19.1 Å². The van der Waals surface area contributed by atoms with Crippen molar-refractivity contribution in [3.8, 4) is 0 Å². The molecule has 4 nitrogen and oxygen atoms in total. The minimum Gasteiger partial charge on any atom is -0.377 e. The van der Waals surface area contributed by atoms with Crippen molar-refractivity contribution in [3.63, 3.8) is 0 Å². The Hall–Kier alpha value is -1.85. The molecular weight excluding hydrogens is 318 g/mol. The highest BCUT2D eigenvalue weighted by Gasteiger charge is 2.04. The number of aryl methyl sites for hydroxylation is 1. The second-order valence-corrected chi connectivity index (χ2v) is 6.48. The third-order valence-corrected chi connectivity index (χ3v) is 4.74. The van der Waals surface area contributed by atoms with Gasteiger partial charge in [0.1, 0.15) is 0 Å². The first kappa shape index (κ1) is 18.5. The molecular formula is C19H27N3OS. The summed E-state index contributed by atoms with van der Waals surface area (Å²) in [4.78, 5) is 6.07. The van der Waals surface area contributed by atoms with Crippen LogP contribution in [0.4, 0.5) is 0 Å². The van der Waals surface area contributed by atoms with Crippen molar-refractivity contribution in [2.75, 3.05) is 13.2 Å². The summed E-state index contributed by atoms with van der Waals surface area (Å²) >= 11 is 1.77. The standard InChI is InChI=1S/C19H27N3OS/c1-4-20-19(22-13-18-15(3)10-11-24-18)21-12-16-8-6-7-9-17(16)14-23-5-2/h6-11H,4-5,12-14H2,1-3H3,(H2,20,21,22). The molecule has 0 amide bonds. The molecule has 24 heavy (non-hydrogen) atoms. The summed E-state index contributed by atoms with van der Waals surface area (Å²) in [5, 5.41) is 8.85. The Labute approximate surface area is 149 Å². The number of ether oxygens (including phenoxy) is 1. The van der Waals surface area contributed by atoms with E-state index in [1.165, 1.54) is 21.6 Å². The lowest BCUT2D eigenvalue weighted by Gasteiger charge is -2.12. The molecule has 0 unspecified atom stereocenters. The van der Waals surface area contributed by atoms with Crippen molar-refractivity contribution in [3.05, 3.63) is 57.3 Å². The fraction of sp³-hybridized carbons (Fsp3) is 0.421. The maximum absolute atomic E-state index is 5.55. The summed E-state index contributed by atoms with van der Waals surface area (Å²) in [6.07, 6.45) is 0. The molecule has 2 N–H and O–H groups in total.